The van der Waals surface area contributed by atoms with E-state index in [-0.39, 0.29) is 11.6 Å². The van der Waals surface area contributed by atoms with Crippen molar-refractivity contribution in [1.82, 2.24) is 0 Å². The van der Waals surface area contributed by atoms with Gasteiger partial charge in [0.2, 0.25) is 0 Å². The van der Waals surface area contributed by atoms with E-state index < -0.39 is 0 Å². The summed E-state index contributed by atoms with van der Waals surface area (Å²) in [5.41, 5.74) is 13.1. The van der Waals surface area contributed by atoms with E-state index in [1.54, 1.807) is 0 Å². The highest BCUT2D eigenvalue weighted by atomic mass is 15.1. The third-order valence-electron chi connectivity index (χ3n) is 3.50. The molecule has 0 heterocycles. The lowest BCUT2D eigenvalue weighted by Gasteiger charge is -2.31. The van der Waals surface area contributed by atoms with Crippen molar-refractivity contribution in [3.8, 4) is 0 Å². The van der Waals surface area contributed by atoms with Crippen LogP contribution in [0.3, 0.4) is 0 Å². The Morgan fingerprint density at radius 1 is 1.14 bits per heavy atom. The molecule has 1 fully saturated rings. The van der Waals surface area contributed by atoms with Crippen LogP contribution in [0, 0.1) is 5.53 Å². The maximum Gasteiger partial charge on any atom is 0.0935 e. The van der Waals surface area contributed by atoms with Gasteiger partial charge in [-0.15, -0.1) is 0 Å². The van der Waals surface area contributed by atoms with Crippen LogP contribution in [0.15, 0.2) is 5.11 Å². The monoisotopic (exact) mass is 197 g/mol. The van der Waals surface area contributed by atoms with Crippen molar-refractivity contribution in [2.24, 2.45) is 10.8 Å². The fourth-order valence-electron chi connectivity index (χ4n) is 2.19. The van der Waals surface area contributed by atoms with Gasteiger partial charge in [0.05, 0.1) is 5.54 Å². The number of nitrogens with two attached hydrogens (primary N) is 1. The van der Waals surface area contributed by atoms with Crippen molar-refractivity contribution in [3.63, 3.8) is 0 Å². The zero-order chi connectivity index (χ0) is 10.4. The Labute approximate surface area is 87.0 Å². The molecule has 0 amide bonds. The summed E-state index contributed by atoms with van der Waals surface area (Å²) >= 11 is 0. The number of nitrogens with one attached hydrogen (secondary N) is 1. The molecule has 0 spiro atoms. The van der Waals surface area contributed by atoms with Crippen LogP contribution in [-0.4, -0.2) is 11.6 Å². The summed E-state index contributed by atoms with van der Waals surface area (Å²) in [6, 6.07) is 0.0816. The molecule has 2 atom stereocenters. The summed E-state index contributed by atoms with van der Waals surface area (Å²) in [5.74, 6) is 0. The molecule has 0 aromatic rings. The molecule has 1 rings (SSSR count). The summed E-state index contributed by atoms with van der Waals surface area (Å²) in [6.07, 6.45) is 9.64. The van der Waals surface area contributed by atoms with Crippen LogP contribution in [0.4, 0.5) is 0 Å². The zero-order valence-corrected chi connectivity index (χ0v) is 9.26. The predicted molar refractivity (Wildman–Crippen MR) is 58.5 cm³/mol. The van der Waals surface area contributed by atoms with E-state index in [2.05, 4.69) is 5.11 Å². The Bertz CT molecular complexity index is 181. The molecular weight excluding hydrogens is 174 g/mol. The van der Waals surface area contributed by atoms with E-state index in [0.717, 1.165) is 12.8 Å². The first-order chi connectivity index (χ1) is 6.69. The molecule has 1 aliphatic rings. The van der Waals surface area contributed by atoms with Crippen molar-refractivity contribution in [2.45, 2.75) is 69.9 Å². The second-order valence-corrected chi connectivity index (χ2v) is 4.74. The average molecular weight is 197 g/mol. The topological polar surface area (TPSA) is 62.2 Å². The highest BCUT2D eigenvalue weighted by molar-refractivity contribution is 4.91. The summed E-state index contributed by atoms with van der Waals surface area (Å²) in [7, 11) is 0. The quantitative estimate of drug-likeness (QED) is 0.623. The molecule has 1 saturated carbocycles. The zero-order valence-electron chi connectivity index (χ0n) is 9.26. The molecule has 3 heteroatoms. The van der Waals surface area contributed by atoms with E-state index in [4.69, 9.17) is 11.3 Å². The lowest BCUT2D eigenvalue weighted by atomic mass is 9.84. The maximum absolute atomic E-state index is 7.26. The van der Waals surface area contributed by atoms with Crippen LogP contribution in [0.1, 0.15) is 58.3 Å². The van der Waals surface area contributed by atoms with Gasteiger partial charge in [0.25, 0.3) is 0 Å². The molecule has 0 saturated heterocycles. The highest BCUT2D eigenvalue weighted by Crippen LogP contribution is 2.27. The maximum atomic E-state index is 7.26. The first kappa shape index (κ1) is 11.6. The summed E-state index contributed by atoms with van der Waals surface area (Å²) < 4.78 is 0. The van der Waals surface area contributed by atoms with Crippen LogP contribution in [0.2, 0.25) is 0 Å². The third kappa shape index (κ3) is 3.05. The molecule has 82 valence electrons. The minimum absolute atomic E-state index is 0.0816. The van der Waals surface area contributed by atoms with Gasteiger partial charge in [-0.2, -0.15) is 5.11 Å². The van der Waals surface area contributed by atoms with Crippen LogP contribution in [0.25, 0.3) is 0 Å². The second-order valence-electron chi connectivity index (χ2n) is 4.74. The van der Waals surface area contributed by atoms with Crippen molar-refractivity contribution >= 4 is 0 Å². The summed E-state index contributed by atoms with van der Waals surface area (Å²) in [5, 5.41) is 3.76. The first-order valence-corrected chi connectivity index (χ1v) is 5.83. The van der Waals surface area contributed by atoms with Crippen LogP contribution in [0.5, 0.6) is 0 Å². The second kappa shape index (κ2) is 5.44. The number of hydrogen-bond donors (Lipinski definition) is 2. The largest absolute Gasteiger partial charge is 0.326 e. The Hall–Kier alpha value is -0.440. The highest BCUT2D eigenvalue weighted by Gasteiger charge is 2.30. The van der Waals surface area contributed by atoms with Gasteiger partial charge in [0, 0.05) is 6.04 Å². The van der Waals surface area contributed by atoms with E-state index in [1.165, 1.54) is 38.5 Å². The van der Waals surface area contributed by atoms with E-state index >= 15 is 0 Å². The molecular formula is C11H23N3. The molecule has 1 aliphatic carbocycles. The van der Waals surface area contributed by atoms with Gasteiger partial charge in [0.15, 0.2) is 0 Å². The van der Waals surface area contributed by atoms with Crippen molar-refractivity contribution in [2.75, 3.05) is 0 Å². The molecule has 0 radical (unpaired) electrons. The van der Waals surface area contributed by atoms with Gasteiger partial charge in [-0.3, -0.25) is 0 Å². The number of nitrogens with zero attached hydrogens (tertiary/aromatic N) is 1. The van der Waals surface area contributed by atoms with Gasteiger partial charge in [-0.25, -0.2) is 5.53 Å². The van der Waals surface area contributed by atoms with Crippen molar-refractivity contribution in [1.29, 1.82) is 5.53 Å². The molecule has 2 unspecified atom stereocenters. The van der Waals surface area contributed by atoms with Crippen LogP contribution >= 0.6 is 0 Å². The fourth-order valence-corrected chi connectivity index (χ4v) is 2.19. The molecule has 0 aliphatic heterocycles. The van der Waals surface area contributed by atoms with E-state index in [0.29, 0.717) is 0 Å². The van der Waals surface area contributed by atoms with Gasteiger partial charge < -0.3 is 5.73 Å². The van der Waals surface area contributed by atoms with E-state index in [1.807, 2.05) is 6.92 Å². The minimum atomic E-state index is -0.294. The average Bonchev–Trinajstić information content (AvgIpc) is 2.20. The molecule has 0 aromatic heterocycles. The Morgan fingerprint density at radius 3 is 2.36 bits per heavy atom. The molecule has 3 N–H and O–H groups in total. The smallest absolute Gasteiger partial charge is 0.0935 e. The number of rotatable bonds is 1. The summed E-state index contributed by atoms with van der Waals surface area (Å²) in [4.78, 5) is 0. The fraction of sp³-hybridized carbons (Fsp3) is 1.00. The Morgan fingerprint density at radius 2 is 1.71 bits per heavy atom. The normalized spacial score (nSPS) is 36.3. The summed E-state index contributed by atoms with van der Waals surface area (Å²) in [6.45, 7) is 2.03. The SMILES string of the molecule is CC1(N=N)CCCCCCCCC1N. The number of hydrogen-bond acceptors (Lipinski definition) is 3. The molecule has 0 bridgehead atoms. The van der Waals surface area contributed by atoms with Gasteiger partial charge in [0.1, 0.15) is 0 Å². The van der Waals surface area contributed by atoms with Crippen molar-refractivity contribution < 1.29 is 0 Å². The van der Waals surface area contributed by atoms with Gasteiger partial charge in [-0.1, -0.05) is 38.5 Å². The lowest BCUT2D eigenvalue weighted by Crippen LogP contribution is -2.44. The Kier molecular flexibility index (Phi) is 4.52. The van der Waals surface area contributed by atoms with Crippen LogP contribution in [-0.2, 0) is 0 Å². The standard InChI is InChI=1S/C11H23N3/c1-11(14-13)9-7-5-3-2-4-6-8-10(11)12/h10,13H,2-9,12H2,1H3. The Balaban J connectivity index is 2.55. The lowest BCUT2D eigenvalue weighted by molar-refractivity contribution is 0.293. The molecule has 3 nitrogen and oxygen atoms in total. The third-order valence-corrected chi connectivity index (χ3v) is 3.50. The minimum Gasteiger partial charge on any atom is -0.326 e. The predicted octanol–water partition coefficient (Wildman–Crippen LogP) is 3.24. The van der Waals surface area contributed by atoms with E-state index in [9.17, 15) is 0 Å². The van der Waals surface area contributed by atoms with Gasteiger partial charge >= 0.3 is 0 Å². The molecule has 14 heavy (non-hydrogen) atoms. The van der Waals surface area contributed by atoms with Crippen LogP contribution < -0.4 is 5.73 Å². The van der Waals surface area contributed by atoms with Crippen molar-refractivity contribution in [3.05, 3.63) is 0 Å². The van der Waals surface area contributed by atoms with Gasteiger partial charge in [-0.05, 0) is 19.8 Å². The first-order valence-electron chi connectivity index (χ1n) is 5.83. The molecule has 0 aromatic carbocycles.